The Hall–Kier alpha value is -4.39. The van der Waals surface area contributed by atoms with Crippen molar-refractivity contribution in [2.75, 3.05) is 13.2 Å². The molecule has 4 rings (SSSR count). The van der Waals surface area contributed by atoms with Crippen molar-refractivity contribution in [3.05, 3.63) is 103 Å². The number of rotatable bonds is 9. The van der Waals surface area contributed by atoms with Crippen LogP contribution in [-0.2, 0) is 20.9 Å². The molecule has 0 aliphatic carbocycles. The van der Waals surface area contributed by atoms with Gasteiger partial charge in [-0.1, -0.05) is 66.7 Å². The largest absolute Gasteiger partial charge is 0.484 e. The van der Waals surface area contributed by atoms with Gasteiger partial charge in [0.1, 0.15) is 18.9 Å². The molecule has 0 aliphatic rings. The molecule has 0 spiro atoms. The summed E-state index contributed by atoms with van der Waals surface area (Å²) in [5.41, 5.74) is 3.31. The van der Waals surface area contributed by atoms with Crippen molar-refractivity contribution in [2.24, 2.45) is 0 Å². The van der Waals surface area contributed by atoms with Crippen LogP contribution in [0.4, 0.5) is 0 Å². The van der Waals surface area contributed by atoms with Crippen LogP contribution in [-0.4, -0.2) is 34.8 Å². The molecule has 7 nitrogen and oxygen atoms in total. The van der Waals surface area contributed by atoms with Crippen molar-refractivity contribution < 1.29 is 19.1 Å². The van der Waals surface area contributed by atoms with E-state index in [0.29, 0.717) is 5.75 Å². The second-order valence-electron chi connectivity index (χ2n) is 7.19. The molecule has 1 N–H and O–H groups in total. The second-order valence-corrected chi connectivity index (χ2v) is 7.19. The maximum absolute atomic E-state index is 12.2. The summed E-state index contributed by atoms with van der Waals surface area (Å²) in [5, 5.41) is 7.20. The van der Waals surface area contributed by atoms with Crippen molar-refractivity contribution in [3.8, 4) is 22.7 Å². The number of nitrogens with one attached hydrogen (secondary N) is 1. The van der Waals surface area contributed by atoms with Gasteiger partial charge < -0.3 is 14.8 Å². The van der Waals surface area contributed by atoms with E-state index in [1.54, 1.807) is 16.8 Å². The van der Waals surface area contributed by atoms with E-state index in [4.69, 9.17) is 14.6 Å². The summed E-state index contributed by atoms with van der Waals surface area (Å²) >= 11 is 0. The van der Waals surface area contributed by atoms with Crippen molar-refractivity contribution in [2.45, 2.75) is 6.61 Å². The minimum absolute atomic E-state index is 0.0340. The van der Waals surface area contributed by atoms with Crippen molar-refractivity contribution in [1.29, 1.82) is 0 Å². The van der Waals surface area contributed by atoms with Gasteiger partial charge in [0.05, 0.1) is 11.4 Å². The van der Waals surface area contributed by atoms with Gasteiger partial charge in [-0.3, -0.25) is 9.59 Å². The number of hydrogen-bond donors (Lipinski definition) is 1. The number of hydrogen-bond acceptors (Lipinski definition) is 5. The van der Waals surface area contributed by atoms with Crippen LogP contribution in [0.1, 0.15) is 5.56 Å². The number of esters is 1. The van der Waals surface area contributed by atoms with E-state index < -0.39 is 11.9 Å². The highest BCUT2D eigenvalue weighted by molar-refractivity contribution is 5.82. The minimum Gasteiger partial charge on any atom is -0.484 e. The first-order chi connectivity index (χ1) is 16.2. The smallest absolute Gasteiger partial charge is 0.325 e. The first-order valence-corrected chi connectivity index (χ1v) is 10.5. The average Bonchev–Trinajstić information content (AvgIpc) is 3.31. The molecular formula is C26H23N3O4. The normalized spacial score (nSPS) is 10.4. The molecule has 0 saturated carbocycles. The first-order valence-electron chi connectivity index (χ1n) is 10.5. The molecule has 33 heavy (non-hydrogen) atoms. The van der Waals surface area contributed by atoms with E-state index in [9.17, 15) is 9.59 Å². The monoisotopic (exact) mass is 441 g/mol. The van der Waals surface area contributed by atoms with Gasteiger partial charge in [-0.15, -0.1) is 0 Å². The molecule has 0 bridgehead atoms. The molecule has 4 aromatic rings. The maximum Gasteiger partial charge on any atom is 0.325 e. The lowest BCUT2D eigenvalue weighted by atomic mass is 10.1. The molecule has 1 heterocycles. The summed E-state index contributed by atoms with van der Waals surface area (Å²) in [6.07, 6.45) is 1.84. The van der Waals surface area contributed by atoms with Crippen LogP contribution in [0.25, 0.3) is 16.9 Å². The fraction of sp³-hybridized carbons (Fsp3) is 0.115. The third-order valence-electron chi connectivity index (χ3n) is 4.79. The average molecular weight is 441 g/mol. The van der Waals surface area contributed by atoms with Gasteiger partial charge in [-0.05, 0) is 24.3 Å². The molecule has 0 atom stereocenters. The highest BCUT2D eigenvalue weighted by Gasteiger charge is 2.15. The van der Waals surface area contributed by atoms with Gasteiger partial charge in [0.2, 0.25) is 0 Å². The lowest BCUT2D eigenvalue weighted by Gasteiger charge is -2.08. The zero-order chi connectivity index (χ0) is 22.9. The number of carbonyl (C=O) groups is 2. The molecule has 0 radical (unpaired) electrons. The molecule has 0 aliphatic heterocycles. The summed E-state index contributed by atoms with van der Waals surface area (Å²) in [6.45, 7) is -0.393. The Balaban J connectivity index is 1.35. The van der Waals surface area contributed by atoms with Gasteiger partial charge in [0, 0.05) is 17.3 Å². The Morgan fingerprint density at radius 3 is 2.18 bits per heavy atom. The van der Waals surface area contributed by atoms with E-state index in [1.807, 2.05) is 85.1 Å². The van der Waals surface area contributed by atoms with Gasteiger partial charge >= 0.3 is 5.97 Å². The third kappa shape index (κ3) is 6.07. The lowest BCUT2D eigenvalue weighted by molar-refractivity contribution is -0.145. The van der Waals surface area contributed by atoms with Gasteiger partial charge in [0.15, 0.2) is 6.61 Å². The maximum atomic E-state index is 12.2. The fourth-order valence-corrected chi connectivity index (χ4v) is 3.16. The fourth-order valence-electron chi connectivity index (χ4n) is 3.16. The summed E-state index contributed by atoms with van der Waals surface area (Å²) < 4.78 is 12.5. The van der Waals surface area contributed by atoms with Crippen LogP contribution in [0.15, 0.2) is 97.2 Å². The Morgan fingerprint density at radius 1 is 0.848 bits per heavy atom. The predicted octanol–water partition coefficient (Wildman–Crippen LogP) is 3.78. The first kappa shape index (κ1) is 21.8. The third-order valence-corrected chi connectivity index (χ3v) is 4.79. The molecule has 3 aromatic carbocycles. The van der Waals surface area contributed by atoms with Crippen LogP contribution in [0.2, 0.25) is 0 Å². The Labute approximate surface area is 191 Å². The van der Waals surface area contributed by atoms with Crippen molar-refractivity contribution >= 4 is 11.9 Å². The topological polar surface area (TPSA) is 82.5 Å². The quantitative estimate of drug-likeness (QED) is 0.400. The molecular weight excluding hydrogens is 418 g/mol. The summed E-state index contributed by atoms with van der Waals surface area (Å²) in [4.78, 5) is 24.2. The van der Waals surface area contributed by atoms with Crippen LogP contribution >= 0.6 is 0 Å². The Bertz CT molecular complexity index is 1190. The number of nitrogens with zero attached hydrogens (tertiary/aromatic N) is 2. The molecule has 1 amide bonds. The van der Waals surface area contributed by atoms with Crippen LogP contribution < -0.4 is 10.1 Å². The van der Waals surface area contributed by atoms with E-state index in [0.717, 1.165) is 22.5 Å². The van der Waals surface area contributed by atoms with Crippen molar-refractivity contribution in [3.63, 3.8) is 0 Å². The van der Waals surface area contributed by atoms with Crippen LogP contribution in [0, 0.1) is 0 Å². The number of aromatic nitrogens is 2. The molecule has 0 fully saturated rings. The zero-order valence-corrected chi connectivity index (χ0v) is 17.9. The van der Waals surface area contributed by atoms with Crippen LogP contribution in [0.3, 0.4) is 0 Å². The standard InChI is InChI=1S/C26H23N3O4/c30-24(19-32-23-14-8-3-9-15-23)27-16-25(31)33-18-21-17-29(22-12-6-2-7-13-22)28-26(21)20-10-4-1-5-11-20/h1-15,17H,16,18-19H2,(H,27,30). The zero-order valence-electron chi connectivity index (χ0n) is 17.9. The van der Waals surface area contributed by atoms with Gasteiger partial charge in [-0.25, -0.2) is 4.68 Å². The van der Waals surface area contributed by atoms with E-state index in [2.05, 4.69) is 5.32 Å². The summed E-state index contributed by atoms with van der Waals surface area (Å²) in [5.74, 6) is -0.369. The van der Waals surface area contributed by atoms with Crippen molar-refractivity contribution in [1.82, 2.24) is 15.1 Å². The SMILES string of the molecule is O=C(COc1ccccc1)NCC(=O)OCc1cn(-c2ccccc2)nc1-c1ccccc1. The Morgan fingerprint density at radius 2 is 1.48 bits per heavy atom. The highest BCUT2D eigenvalue weighted by atomic mass is 16.5. The van der Waals surface area contributed by atoms with E-state index >= 15 is 0 Å². The molecule has 7 heteroatoms. The summed E-state index contributed by atoms with van der Waals surface area (Å²) in [7, 11) is 0. The highest BCUT2D eigenvalue weighted by Crippen LogP contribution is 2.24. The second kappa shape index (κ2) is 10.8. The number of ether oxygens (including phenoxy) is 2. The lowest BCUT2D eigenvalue weighted by Crippen LogP contribution is -2.34. The number of carbonyl (C=O) groups excluding carboxylic acids is 2. The number of amides is 1. The van der Waals surface area contributed by atoms with Crippen LogP contribution in [0.5, 0.6) is 5.75 Å². The van der Waals surface area contributed by atoms with E-state index in [-0.39, 0.29) is 19.8 Å². The molecule has 1 aromatic heterocycles. The molecule has 0 unspecified atom stereocenters. The minimum atomic E-state index is -0.547. The number of para-hydroxylation sites is 2. The Kier molecular flexibility index (Phi) is 7.12. The van der Waals surface area contributed by atoms with Gasteiger partial charge in [0.25, 0.3) is 5.91 Å². The van der Waals surface area contributed by atoms with E-state index in [1.165, 1.54) is 0 Å². The molecule has 0 saturated heterocycles. The summed E-state index contributed by atoms with van der Waals surface area (Å²) in [6, 6.07) is 28.4. The van der Waals surface area contributed by atoms with Gasteiger partial charge in [-0.2, -0.15) is 5.10 Å². The number of benzene rings is 3. The molecule has 166 valence electrons. The predicted molar refractivity (Wildman–Crippen MR) is 124 cm³/mol.